The first kappa shape index (κ1) is 23.8. The smallest absolute Gasteiger partial charge is 0.315 e. The van der Waals surface area contributed by atoms with E-state index in [2.05, 4.69) is 16.0 Å². The molecule has 9 heteroatoms. The molecule has 0 aliphatic heterocycles. The monoisotopic (exact) mass is 453 g/mol. The van der Waals surface area contributed by atoms with Gasteiger partial charge in [0.2, 0.25) is 5.91 Å². The SMILES string of the molecule is CCCC(NC(=O)NCc1ccc(F)cc1)C(=O)Nc1c(C)n(C)n(-c2ccccc2)c1=O. The minimum absolute atomic E-state index is 0.168. The zero-order valence-electron chi connectivity index (χ0n) is 18.9. The summed E-state index contributed by atoms with van der Waals surface area (Å²) in [6.07, 6.45) is 1.05. The highest BCUT2D eigenvalue weighted by Crippen LogP contribution is 2.14. The Kier molecular flexibility index (Phi) is 7.66. The van der Waals surface area contributed by atoms with Gasteiger partial charge in [-0.05, 0) is 43.2 Å². The second kappa shape index (κ2) is 10.6. The molecular formula is C24H28FN5O3. The number of hydrogen-bond acceptors (Lipinski definition) is 3. The third-order valence-corrected chi connectivity index (χ3v) is 5.37. The first-order valence-electron chi connectivity index (χ1n) is 10.8. The van der Waals surface area contributed by atoms with Crippen LogP contribution in [0.4, 0.5) is 14.9 Å². The van der Waals surface area contributed by atoms with Crippen molar-refractivity contribution < 1.29 is 14.0 Å². The van der Waals surface area contributed by atoms with Gasteiger partial charge in [0.25, 0.3) is 5.56 Å². The summed E-state index contributed by atoms with van der Waals surface area (Å²) in [5.41, 5.74) is 1.81. The van der Waals surface area contributed by atoms with Crippen LogP contribution in [0.2, 0.25) is 0 Å². The Balaban J connectivity index is 1.70. The fourth-order valence-corrected chi connectivity index (χ4v) is 3.47. The Bertz CT molecular complexity index is 1170. The van der Waals surface area contributed by atoms with E-state index < -0.39 is 18.0 Å². The van der Waals surface area contributed by atoms with Crippen molar-refractivity contribution in [3.63, 3.8) is 0 Å². The first-order chi connectivity index (χ1) is 15.8. The predicted octanol–water partition coefficient (Wildman–Crippen LogP) is 3.23. The molecule has 0 aliphatic carbocycles. The molecule has 0 saturated carbocycles. The van der Waals surface area contributed by atoms with Crippen LogP contribution < -0.4 is 21.5 Å². The molecule has 1 heterocycles. The van der Waals surface area contributed by atoms with Crippen LogP contribution in [-0.4, -0.2) is 27.3 Å². The Labute approximate surface area is 191 Å². The molecule has 0 spiro atoms. The van der Waals surface area contributed by atoms with Crippen molar-refractivity contribution in [2.45, 2.75) is 39.3 Å². The van der Waals surface area contributed by atoms with Crippen molar-refractivity contribution in [1.29, 1.82) is 0 Å². The lowest BCUT2D eigenvalue weighted by molar-refractivity contribution is -0.118. The Morgan fingerprint density at radius 3 is 2.36 bits per heavy atom. The van der Waals surface area contributed by atoms with Crippen molar-refractivity contribution in [3.8, 4) is 5.69 Å². The molecule has 2 aromatic carbocycles. The maximum absolute atomic E-state index is 13.0. The summed E-state index contributed by atoms with van der Waals surface area (Å²) >= 11 is 0. The maximum atomic E-state index is 13.0. The van der Waals surface area contributed by atoms with Crippen LogP contribution in [0.5, 0.6) is 0 Å². The number of halogens is 1. The van der Waals surface area contributed by atoms with Gasteiger partial charge in [-0.15, -0.1) is 0 Å². The summed E-state index contributed by atoms with van der Waals surface area (Å²) in [5.74, 6) is -0.829. The van der Waals surface area contributed by atoms with Crippen LogP contribution in [-0.2, 0) is 18.4 Å². The molecule has 8 nitrogen and oxygen atoms in total. The van der Waals surface area contributed by atoms with E-state index in [1.54, 1.807) is 42.9 Å². The van der Waals surface area contributed by atoms with Gasteiger partial charge in [0.15, 0.2) is 0 Å². The molecule has 3 rings (SSSR count). The lowest BCUT2D eigenvalue weighted by Gasteiger charge is -2.18. The van der Waals surface area contributed by atoms with Gasteiger partial charge < -0.3 is 16.0 Å². The van der Waals surface area contributed by atoms with E-state index in [0.717, 1.165) is 5.56 Å². The fourth-order valence-electron chi connectivity index (χ4n) is 3.47. The second-order valence-electron chi connectivity index (χ2n) is 7.72. The largest absolute Gasteiger partial charge is 0.334 e. The third-order valence-electron chi connectivity index (χ3n) is 5.37. The van der Waals surface area contributed by atoms with Gasteiger partial charge in [0.1, 0.15) is 17.5 Å². The van der Waals surface area contributed by atoms with E-state index in [0.29, 0.717) is 24.2 Å². The predicted molar refractivity (Wildman–Crippen MR) is 125 cm³/mol. The fraction of sp³-hybridized carbons (Fsp3) is 0.292. The van der Waals surface area contributed by atoms with Gasteiger partial charge in [-0.3, -0.25) is 14.3 Å². The number of rotatable bonds is 8. The van der Waals surface area contributed by atoms with E-state index in [9.17, 15) is 18.8 Å². The highest BCUT2D eigenvalue weighted by Gasteiger charge is 2.24. The number of nitrogens with zero attached hydrogens (tertiary/aromatic N) is 2. The molecule has 0 saturated heterocycles. The molecule has 1 aromatic heterocycles. The minimum Gasteiger partial charge on any atom is -0.334 e. The highest BCUT2D eigenvalue weighted by atomic mass is 19.1. The van der Waals surface area contributed by atoms with Crippen molar-refractivity contribution in [1.82, 2.24) is 20.0 Å². The topological polar surface area (TPSA) is 97.2 Å². The molecule has 0 radical (unpaired) electrons. The van der Waals surface area contributed by atoms with Crippen LogP contribution in [0.25, 0.3) is 5.69 Å². The number of aromatic nitrogens is 2. The summed E-state index contributed by atoms with van der Waals surface area (Å²) in [4.78, 5) is 38.3. The average molecular weight is 454 g/mol. The normalized spacial score (nSPS) is 11.6. The standard InChI is InChI=1S/C24H28FN5O3/c1-4-8-20(27-24(33)26-15-17-11-13-18(25)14-12-17)22(31)28-21-16(2)29(3)30(23(21)32)19-9-6-5-7-10-19/h5-7,9-14,20H,4,8,15H2,1-3H3,(H,28,31)(H2,26,27,33). The number of benzene rings is 2. The van der Waals surface area contributed by atoms with Gasteiger partial charge in [-0.2, -0.15) is 0 Å². The number of urea groups is 1. The third kappa shape index (κ3) is 5.68. The number of carbonyl (C=O) groups excluding carboxylic acids is 2. The van der Waals surface area contributed by atoms with Gasteiger partial charge in [-0.25, -0.2) is 13.9 Å². The second-order valence-corrected chi connectivity index (χ2v) is 7.72. The summed E-state index contributed by atoms with van der Waals surface area (Å²) < 4.78 is 16.2. The zero-order chi connectivity index (χ0) is 24.0. The first-order valence-corrected chi connectivity index (χ1v) is 10.8. The molecule has 1 atom stereocenters. The highest BCUT2D eigenvalue weighted by molar-refractivity contribution is 5.97. The van der Waals surface area contributed by atoms with Crippen molar-refractivity contribution in [2.24, 2.45) is 7.05 Å². The van der Waals surface area contributed by atoms with Crippen molar-refractivity contribution in [3.05, 3.63) is 82.0 Å². The van der Waals surface area contributed by atoms with Crippen LogP contribution >= 0.6 is 0 Å². The molecular weight excluding hydrogens is 425 g/mol. The molecule has 174 valence electrons. The Morgan fingerprint density at radius 2 is 1.73 bits per heavy atom. The molecule has 1 unspecified atom stereocenters. The number of carbonyl (C=O) groups is 2. The molecule has 0 aliphatic rings. The number of anilines is 1. The van der Waals surface area contributed by atoms with E-state index >= 15 is 0 Å². The molecule has 3 N–H and O–H groups in total. The number of amides is 3. The Morgan fingerprint density at radius 1 is 1.06 bits per heavy atom. The molecule has 33 heavy (non-hydrogen) atoms. The Hall–Kier alpha value is -3.88. The van der Waals surface area contributed by atoms with Crippen LogP contribution in [0.3, 0.4) is 0 Å². The summed E-state index contributed by atoms with van der Waals surface area (Å²) in [5, 5.41) is 8.02. The van der Waals surface area contributed by atoms with E-state index in [-0.39, 0.29) is 23.6 Å². The van der Waals surface area contributed by atoms with Gasteiger partial charge in [0, 0.05) is 13.6 Å². The minimum atomic E-state index is -0.826. The van der Waals surface area contributed by atoms with E-state index in [1.165, 1.54) is 16.8 Å². The van der Waals surface area contributed by atoms with Gasteiger partial charge in [-0.1, -0.05) is 43.7 Å². The van der Waals surface area contributed by atoms with Crippen molar-refractivity contribution >= 4 is 17.6 Å². The average Bonchev–Trinajstić information content (AvgIpc) is 3.02. The lowest BCUT2D eigenvalue weighted by Crippen LogP contribution is -2.48. The number of nitrogens with one attached hydrogen (secondary N) is 3. The van der Waals surface area contributed by atoms with Gasteiger partial charge >= 0.3 is 6.03 Å². The summed E-state index contributed by atoms with van der Waals surface area (Å²) in [7, 11) is 1.74. The van der Waals surface area contributed by atoms with Crippen LogP contribution in [0.15, 0.2) is 59.4 Å². The maximum Gasteiger partial charge on any atom is 0.315 e. The van der Waals surface area contributed by atoms with E-state index in [1.807, 2.05) is 25.1 Å². The lowest BCUT2D eigenvalue weighted by atomic mass is 10.1. The molecule has 3 aromatic rings. The summed E-state index contributed by atoms with van der Waals surface area (Å²) in [6, 6.07) is 13.5. The van der Waals surface area contributed by atoms with E-state index in [4.69, 9.17) is 0 Å². The van der Waals surface area contributed by atoms with Crippen LogP contribution in [0, 0.1) is 12.7 Å². The quantitative estimate of drug-likeness (QED) is 0.489. The van der Waals surface area contributed by atoms with Gasteiger partial charge in [0.05, 0.1) is 11.4 Å². The molecule has 3 amide bonds. The molecule has 0 fully saturated rings. The number of para-hydroxylation sites is 1. The zero-order valence-corrected chi connectivity index (χ0v) is 18.9. The number of hydrogen-bond donors (Lipinski definition) is 3. The van der Waals surface area contributed by atoms with Crippen molar-refractivity contribution in [2.75, 3.05) is 5.32 Å². The summed E-state index contributed by atoms with van der Waals surface area (Å²) in [6.45, 7) is 3.83. The van der Waals surface area contributed by atoms with Crippen LogP contribution in [0.1, 0.15) is 31.0 Å². The molecule has 0 bridgehead atoms.